The van der Waals surface area contributed by atoms with Crippen molar-refractivity contribution in [3.8, 4) is 0 Å². The summed E-state index contributed by atoms with van der Waals surface area (Å²) >= 11 is 0. The zero-order valence-corrected chi connectivity index (χ0v) is 16.7. The Morgan fingerprint density at radius 1 is 1.26 bits per heavy atom. The summed E-state index contributed by atoms with van der Waals surface area (Å²) in [5.74, 6) is -3.43. The van der Waals surface area contributed by atoms with Crippen molar-refractivity contribution < 1.29 is 37.5 Å². The molecular weight excluding hydrogens is 410 g/mol. The number of Topliss-reactive ketones (excluding diaryl/α,β-unsaturated/α-hetero) is 1. The fraction of sp³-hybridized carbons (Fsp3) is 0.381. The molecule has 4 aliphatic heterocycles. The molecule has 0 bridgehead atoms. The van der Waals surface area contributed by atoms with Crippen LogP contribution in [-0.4, -0.2) is 63.8 Å². The van der Waals surface area contributed by atoms with E-state index in [1.807, 2.05) is 0 Å². The fourth-order valence-electron chi connectivity index (χ4n) is 5.52. The van der Waals surface area contributed by atoms with Crippen LogP contribution < -0.4 is 10.6 Å². The third-order valence-electron chi connectivity index (χ3n) is 7.01. The van der Waals surface area contributed by atoms with Gasteiger partial charge in [0.1, 0.15) is 24.7 Å². The molecule has 1 aromatic carbocycles. The lowest BCUT2D eigenvalue weighted by molar-refractivity contribution is -1.15. The second-order valence-corrected chi connectivity index (χ2v) is 8.47. The number of carbonyl (C=O) groups excluding carboxylic acids is 3. The summed E-state index contributed by atoms with van der Waals surface area (Å²) in [5.41, 5.74) is -1.47. The van der Waals surface area contributed by atoms with E-state index in [0.29, 0.717) is 32.1 Å². The predicted molar refractivity (Wildman–Crippen MR) is 101 cm³/mol. The molecule has 1 aromatic rings. The van der Waals surface area contributed by atoms with E-state index in [1.54, 1.807) is 6.20 Å². The van der Waals surface area contributed by atoms with Crippen molar-refractivity contribution in [2.24, 2.45) is 0 Å². The van der Waals surface area contributed by atoms with Crippen LogP contribution in [0.2, 0.25) is 0 Å². The van der Waals surface area contributed by atoms with Gasteiger partial charge in [0.2, 0.25) is 5.70 Å². The second kappa shape index (κ2) is 6.60. The van der Waals surface area contributed by atoms with Gasteiger partial charge >= 0.3 is 11.6 Å². The highest BCUT2D eigenvalue weighted by atomic mass is 19.1. The van der Waals surface area contributed by atoms with E-state index in [4.69, 9.17) is 0 Å². The average Bonchev–Trinajstić information content (AvgIpc) is 3.13. The number of hydrogen-bond acceptors (Lipinski definition) is 5. The van der Waals surface area contributed by atoms with Crippen molar-refractivity contribution in [2.45, 2.75) is 25.0 Å². The first-order chi connectivity index (χ1) is 14.7. The summed E-state index contributed by atoms with van der Waals surface area (Å²) in [6, 6.07) is 2.98. The zero-order valence-electron chi connectivity index (χ0n) is 16.7. The van der Waals surface area contributed by atoms with Gasteiger partial charge < -0.3 is 5.32 Å². The van der Waals surface area contributed by atoms with Gasteiger partial charge in [-0.2, -0.15) is 5.21 Å². The van der Waals surface area contributed by atoms with Crippen molar-refractivity contribution >= 4 is 17.6 Å². The highest BCUT2D eigenvalue weighted by Gasteiger charge is 2.82. The zero-order chi connectivity index (χ0) is 22.0. The molecule has 3 atom stereocenters. The largest absolute Gasteiger partial charge is 0.394 e. The normalized spacial score (nSPS) is 33.9. The van der Waals surface area contributed by atoms with E-state index in [9.17, 15) is 28.4 Å². The molecule has 10 heteroatoms. The van der Waals surface area contributed by atoms with Crippen LogP contribution in [0.3, 0.4) is 0 Å². The summed E-state index contributed by atoms with van der Waals surface area (Å²) in [4.78, 5) is 39.2. The van der Waals surface area contributed by atoms with Crippen LogP contribution in [0.1, 0.15) is 18.4 Å². The molecule has 0 spiro atoms. The number of quaternary nitrogens is 2. The van der Waals surface area contributed by atoms with E-state index in [0.717, 1.165) is 6.07 Å². The number of ketones is 1. The molecule has 3 unspecified atom stereocenters. The summed E-state index contributed by atoms with van der Waals surface area (Å²) < 4.78 is 25.9. The van der Waals surface area contributed by atoms with Gasteiger partial charge in [0.15, 0.2) is 11.8 Å². The van der Waals surface area contributed by atoms with Crippen LogP contribution >= 0.6 is 0 Å². The summed E-state index contributed by atoms with van der Waals surface area (Å²) in [7, 11) is 0. The number of allylic oxidation sites excluding steroid dienone is 1. The number of nitrogens with zero attached hydrogens (tertiary/aromatic N) is 2. The number of nitrogens with one attached hydrogen (secondary N) is 2. The predicted octanol–water partition coefficient (Wildman–Crippen LogP) is 0.588. The van der Waals surface area contributed by atoms with Crippen LogP contribution in [0.15, 0.2) is 41.7 Å². The molecule has 0 aromatic heterocycles. The molecule has 3 N–H and O–H groups in total. The number of hydroxylamine groups is 3. The Balaban J connectivity index is 1.47. The smallest absolute Gasteiger partial charge is 0.348 e. The van der Waals surface area contributed by atoms with Gasteiger partial charge in [-0.25, -0.2) is 18.1 Å². The first-order valence-corrected chi connectivity index (χ1v) is 10.2. The Labute approximate surface area is 176 Å². The number of hydrogen-bond donors (Lipinski definition) is 3. The lowest BCUT2D eigenvalue weighted by Crippen LogP contribution is -2.84. The number of halogens is 2. The monoisotopic (exact) mass is 432 g/mol. The van der Waals surface area contributed by atoms with Gasteiger partial charge in [0.05, 0.1) is 6.54 Å². The van der Waals surface area contributed by atoms with E-state index in [2.05, 4.69) is 10.6 Å². The average molecular weight is 432 g/mol. The first kappa shape index (κ1) is 20.1. The molecule has 0 aliphatic carbocycles. The molecular formula is C21H22F2N4O4+2. The summed E-state index contributed by atoms with van der Waals surface area (Å²) in [6.07, 6.45) is 3.98. The molecule has 2 saturated heterocycles. The standard InChI is InChI=1S/C21H21F2N4O4/c22-14-4-3-13(17(23)8-14)10-25-19(29)16-9-15-11-26-6-1-2-18(28)21(26,12-24-5-7-26)27(15,31)20(16)30/h3-4,8-9,11,24,31H,1-2,5-7,10,12H2/q+1/p+1. The topological polar surface area (TPSA) is 95.5 Å². The highest BCUT2D eigenvalue weighted by Crippen LogP contribution is 2.53. The second-order valence-electron chi connectivity index (χ2n) is 8.47. The summed E-state index contributed by atoms with van der Waals surface area (Å²) in [6.45, 7) is 1.70. The maximum Gasteiger partial charge on any atom is 0.394 e. The number of benzene rings is 1. The molecule has 0 saturated carbocycles. The van der Waals surface area contributed by atoms with Crippen molar-refractivity contribution in [1.82, 2.24) is 10.6 Å². The lowest BCUT2D eigenvalue weighted by Gasteiger charge is -2.52. The highest BCUT2D eigenvalue weighted by molar-refractivity contribution is 6.18. The molecule has 8 nitrogen and oxygen atoms in total. The molecule has 4 aliphatic rings. The van der Waals surface area contributed by atoms with E-state index in [1.165, 1.54) is 12.1 Å². The maximum atomic E-state index is 13.8. The Morgan fingerprint density at radius 2 is 2.06 bits per heavy atom. The number of amides is 2. The molecule has 2 amide bonds. The summed E-state index contributed by atoms with van der Waals surface area (Å²) in [5, 5.41) is 17.2. The Kier molecular flexibility index (Phi) is 4.29. The Morgan fingerprint density at radius 3 is 2.84 bits per heavy atom. The van der Waals surface area contributed by atoms with Crippen LogP contribution in [-0.2, 0) is 20.9 Å². The lowest BCUT2D eigenvalue weighted by atomic mass is 9.87. The maximum absolute atomic E-state index is 13.8. The van der Waals surface area contributed by atoms with Crippen molar-refractivity contribution in [3.05, 3.63) is 58.9 Å². The molecule has 2 fully saturated rings. The van der Waals surface area contributed by atoms with Gasteiger partial charge in [-0.3, -0.25) is 14.9 Å². The van der Waals surface area contributed by atoms with Crippen molar-refractivity contribution in [2.75, 3.05) is 26.2 Å². The van der Waals surface area contributed by atoms with Gasteiger partial charge in [-0.15, -0.1) is 0 Å². The van der Waals surface area contributed by atoms with Crippen molar-refractivity contribution in [3.63, 3.8) is 0 Å². The quantitative estimate of drug-likeness (QED) is 0.369. The first-order valence-electron chi connectivity index (χ1n) is 10.2. The third kappa shape index (κ3) is 2.44. The SMILES string of the molecule is O=C(NCc1ccc(F)cc1F)C1=CC2=C[N+]34CCCC(=O)C3(CNCC4)[N+]2(O)C1=O. The molecule has 4 heterocycles. The molecule has 31 heavy (non-hydrogen) atoms. The Bertz CT molecular complexity index is 1100. The van der Waals surface area contributed by atoms with Gasteiger partial charge in [0, 0.05) is 43.6 Å². The van der Waals surface area contributed by atoms with Crippen LogP contribution in [0.4, 0.5) is 8.78 Å². The van der Waals surface area contributed by atoms with Crippen LogP contribution in [0, 0.1) is 11.6 Å². The number of rotatable bonds is 3. The number of fused-ring (bicyclic) bond motifs is 1. The molecule has 162 valence electrons. The number of carbonyl (C=O) groups is 3. The van der Waals surface area contributed by atoms with Crippen LogP contribution in [0.25, 0.3) is 0 Å². The minimum absolute atomic E-state index is 0.0571. The van der Waals surface area contributed by atoms with Crippen molar-refractivity contribution in [1.29, 1.82) is 0 Å². The third-order valence-corrected chi connectivity index (χ3v) is 7.01. The van der Waals surface area contributed by atoms with Crippen LogP contribution in [0.5, 0.6) is 0 Å². The molecule has 5 rings (SSSR count). The van der Waals surface area contributed by atoms with Gasteiger partial charge in [-0.05, 0) is 10.7 Å². The van der Waals surface area contributed by atoms with E-state index >= 15 is 0 Å². The number of piperidine rings is 1. The Hall–Kier alpha value is -2.79. The minimum atomic E-state index is -1.44. The van der Waals surface area contributed by atoms with E-state index in [-0.39, 0.29) is 46.6 Å². The molecule has 0 radical (unpaired) electrons. The van der Waals surface area contributed by atoms with Gasteiger partial charge in [-0.1, -0.05) is 6.07 Å². The van der Waals surface area contributed by atoms with Gasteiger partial charge in [0.25, 0.3) is 11.7 Å². The minimum Gasteiger partial charge on any atom is -0.348 e. The van der Waals surface area contributed by atoms with E-state index < -0.39 is 33.8 Å². The fourth-order valence-corrected chi connectivity index (χ4v) is 5.52. The number of piperazine rings is 1.